The van der Waals surface area contributed by atoms with Crippen molar-refractivity contribution in [2.24, 2.45) is 5.73 Å². The van der Waals surface area contributed by atoms with Gasteiger partial charge in [0.25, 0.3) is 5.91 Å². The topological polar surface area (TPSA) is 81.4 Å². The molecule has 1 atom stereocenters. The Bertz CT molecular complexity index is 585. The van der Waals surface area contributed by atoms with Crippen molar-refractivity contribution in [1.82, 2.24) is 5.32 Å². The largest absolute Gasteiger partial charge is 0.469 e. The summed E-state index contributed by atoms with van der Waals surface area (Å²) in [6, 6.07) is 3.97. The summed E-state index contributed by atoms with van der Waals surface area (Å²) in [4.78, 5) is 11.0. The number of nitrogens with two attached hydrogens (primary N) is 1. The van der Waals surface area contributed by atoms with Crippen molar-refractivity contribution in [3.8, 4) is 0 Å². The van der Waals surface area contributed by atoms with Crippen molar-refractivity contribution in [3.05, 3.63) is 47.3 Å². The van der Waals surface area contributed by atoms with Crippen LogP contribution in [0.3, 0.4) is 0 Å². The van der Waals surface area contributed by atoms with E-state index in [9.17, 15) is 4.79 Å². The van der Waals surface area contributed by atoms with Gasteiger partial charge in [0, 0.05) is 18.0 Å². The fraction of sp³-hybridized carbons (Fsp3) is 0.357. The minimum atomic E-state index is -0.468. The van der Waals surface area contributed by atoms with E-state index in [0.29, 0.717) is 17.9 Å². The van der Waals surface area contributed by atoms with Crippen LogP contribution in [0.2, 0.25) is 0 Å². The number of furan rings is 2. The summed E-state index contributed by atoms with van der Waals surface area (Å²) in [5.74, 6) is 1.32. The zero-order valence-electron chi connectivity index (χ0n) is 10.5. The second-order valence-corrected chi connectivity index (χ2v) is 4.79. The van der Waals surface area contributed by atoms with E-state index in [0.717, 1.165) is 25.0 Å². The standard InChI is InChI=1S/C14H16N2O3/c15-14(17)9-6-10(19-8-9)7-16-12-2-1-3-13-11(12)4-5-18-13/h4-6,8,12,16H,1-3,7H2,(H2,15,17)/t12-/m1/s1. The lowest BCUT2D eigenvalue weighted by atomic mass is 9.93. The van der Waals surface area contributed by atoms with E-state index in [-0.39, 0.29) is 6.04 Å². The first kappa shape index (κ1) is 12.0. The molecule has 2 heterocycles. The van der Waals surface area contributed by atoms with E-state index in [2.05, 4.69) is 5.32 Å². The highest BCUT2D eigenvalue weighted by molar-refractivity contribution is 5.92. The van der Waals surface area contributed by atoms with Crippen LogP contribution in [0.25, 0.3) is 0 Å². The van der Waals surface area contributed by atoms with Crippen LogP contribution < -0.4 is 11.1 Å². The number of primary amides is 1. The minimum Gasteiger partial charge on any atom is -0.469 e. The SMILES string of the molecule is NC(=O)c1coc(CN[C@@H]2CCCc3occc32)c1. The van der Waals surface area contributed by atoms with Gasteiger partial charge in [0.15, 0.2) is 0 Å². The molecule has 5 nitrogen and oxygen atoms in total. The molecule has 5 heteroatoms. The Morgan fingerprint density at radius 3 is 3.16 bits per heavy atom. The van der Waals surface area contributed by atoms with Gasteiger partial charge in [-0.15, -0.1) is 0 Å². The van der Waals surface area contributed by atoms with Crippen LogP contribution in [-0.4, -0.2) is 5.91 Å². The van der Waals surface area contributed by atoms with Gasteiger partial charge in [0.2, 0.25) is 0 Å². The Morgan fingerprint density at radius 1 is 1.47 bits per heavy atom. The first-order valence-corrected chi connectivity index (χ1v) is 6.41. The maximum atomic E-state index is 11.0. The van der Waals surface area contributed by atoms with Crippen LogP contribution in [0.4, 0.5) is 0 Å². The monoisotopic (exact) mass is 260 g/mol. The van der Waals surface area contributed by atoms with E-state index in [1.165, 1.54) is 11.8 Å². The molecule has 0 radical (unpaired) electrons. The second kappa shape index (κ2) is 4.93. The lowest BCUT2D eigenvalue weighted by Crippen LogP contribution is -2.23. The van der Waals surface area contributed by atoms with E-state index in [1.807, 2.05) is 6.07 Å². The number of fused-ring (bicyclic) bond motifs is 1. The van der Waals surface area contributed by atoms with Crippen LogP contribution in [0, 0.1) is 0 Å². The molecule has 1 aliphatic carbocycles. The van der Waals surface area contributed by atoms with Crippen molar-refractivity contribution < 1.29 is 13.6 Å². The predicted octanol–water partition coefficient (Wildman–Crippen LogP) is 2.14. The van der Waals surface area contributed by atoms with E-state index >= 15 is 0 Å². The highest BCUT2D eigenvalue weighted by Gasteiger charge is 2.22. The van der Waals surface area contributed by atoms with Gasteiger partial charge in [-0.3, -0.25) is 4.79 Å². The fourth-order valence-electron chi connectivity index (χ4n) is 2.52. The molecule has 19 heavy (non-hydrogen) atoms. The molecule has 1 aliphatic rings. The number of hydrogen-bond donors (Lipinski definition) is 2. The fourth-order valence-corrected chi connectivity index (χ4v) is 2.52. The highest BCUT2D eigenvalue weighted by atomic mass is 16.3. The summed E-state index contributed by atoms with van der Waals surface area (Å²) < 4.78 is 10.7. The average Bonchev–Trinajstić information content (AvgIpc) is 3.05. The van der Waals surface area contributed by atoms with Crippen molar-refractivity contribution in [2.45, 2.75) is 31.8 Å². The molecule has 3 N–H and O–H groups in total. The number of amides is 1. The van der Waals surface area contributed by atoms with Crippen molar-refractivity contribution in [1.29, 1.82) is 0 Å². The number of hydrogen-bond acceptors (Lipinski definition) is 4. The zero-order valence-corrected chi connectivity index (χ0v) is 10.5. The molecule has 100 valence electrons. The van der Waals surface area contributed by atoms with Gasteiger partial charge in [-0.1, -0.05) is 0 Å². The zero-order chi connectivity index (χ0) is 13.2. The van der Waals surface area contributed by atoms with E-state index in [4.69, 9.17) is 14.6 Å². The van der Waals surface area contributed by atoms with Crippen LogP contribution >= 0.6 is 0 Å². The van der Waals surface area contributed by atoms with Crippen molar-refractivity contribution in [2.75, 3.05) is 0 Å². The van der Waals surface area contributed by atoms with Crippen molar-refractivity contribution in [3.63, 3.8) is 0 Å². The van der Waals surface area contributed by atoms with E-state index in [1.54, 1.807) is 12.3 Å². The van der Waals surface area contributed by atoms with Crippen LogP contribution in [-0.2, 0) is 13.0 Å². The Balaban J connectivity index is 1.65. The molecule has 0 fully saturated rings. The lowest BCUT2D eigenvalue weighted by molar-refractivity contribution is 0.0999. The summed E-state index contributed by atoms with van der Waals surface area (Å²) in [6.45, 7) is 0.572. The average molecular weight is 260 g/mol. The van der Waals surface area contributed by atoms with Gasteiger partial charge in [0.1, 0.15) is 17.8 Å². The predicted molar refractivity (Wildman–Crippen MR) is 68.5 cm³/mol. The number of rotatable bonds is 4. The molecule has 0 saturated heterocycles. The third-order valence-electron chi connectivity index (χ3n) is 3.51. The molecule has 0 unspecified atom stereocenters. The molecular weight excluding hydrogens is 244 g/mol. The number of aryl methyl sites for hydroxylation is 1. The molecule has 0 aromatic carbocycles. The second-order valence-electron chi connectivity index (χ2n) is 4.79. The third-order valence-corrected chi connectivity index (χ3v) is 3.51. The smallest absolute Gasteiger partial charge is 0.251 e. The quantitative estimate of drug-likeness (QED) is 0.882. The third kappa shape index (κ3) is 2.42. The van der Waals surface area contributed by atoms with Gasteiger partial charge >= 0.3 is 0 Å². The molecule has 2 aromatic heterocycles. The molecule has 0 spiro atoms. The summed E-state index contributed by atoms with van der Waals surface area (Å²) in [5, 5.41) is 3.43. The molecule has 0 saturated carbocycles. The van der Waals surface area contributed by atoms with E-state index < -0.39 is 5.91 Å². The summed E-state index contributed by atoms with van der Waals surface area (Å²) in [5.41, 5.74) is 6.82. The van der Waals surface area contributed by atoms with Crippen LogP contribution in [0.1, 0.15) is 46.3 Å². The lowest BCUT2D eigenvalue weighted by Gasteiger charge is -2.22. The molecule has 1 amide bonds. The first-order chi connectivity index (χ1) is 9.24. The van der Waals surface area contributed by atoms with Crippen molar-refractivity contribution >= 4 is 5.91 Å². The van der Waals surface area contributed by atoms with Gasteiger partial charge in [0.05, 0.1) is 18.4 Å². The van der Waals surface area contributed by atoms with Crippen LogP contribution in [0.5, 0.6) is 0 Å². The minimum absolute atomic E-state index is 0.282. The van der Waals surface area contributed by atoms with Gasteiger partial charge in [-0.2, -0.15) is 0 Å². The summed E-state index contributed by atoms with van der Waals surface area (Å²) >= 11 is 0. The molecular formula is C14H16N2O3. The maximum absolute atomic E-state index is 11.0. The number of carbonyl (C=O) groups excluding carboxylic acids is 1. The van der Waals surface area contributed by atoms with Gasteiger partial charge < -0.3 is 19.9 Å². The van der Waals surface area contributed by atoms with Gasteiger partial charge in [-0.05, 0) is 25.0 Å². The Hall–Kier alpha value is -2.01. The van der Waals surface area contributed by atoms with Crippen LogP contribution in [0.15, 0.2) is 33.5 Å². The number of nitrogens with one attached hydrogen (secondary N) is 1. The number of carbonyl (C=O) groups is 1. The summed E-state index contributed by atoms with van der Waals surface area (Å²) in [7, 11) is 0. The molecule has 3 rings (SSSR count). The summed E-state index contributed by atoms with van der Waals surface area (Å²) in [6.07, 6.45) is 6.33. The Morgan fingerprint density at radius 2 is 2.37 bits per heavy atom. The van der Waals surface area contributed by atoms with Gasteiger partial charge in [-0.25, -0.2) is 0 Å². The Kier molecular flexibility index (Phi) is 3.13. The Labute approximate surface area is 110 Å². The molecule has 2 aromatic rings. The molecule has 0 bridgehead atoms. The normalized spacial score (nSPS) is 18.2. The molecule has 0 aliphatic heterocycles. The maximum Gasteiger partial charge on any atom is 0.251 e. The first-order valence-electron chi connectivity index (χ1n) is 6.41. The highest BCUT2D eigenvalue weighted by Crippen LogP contribution is 2.30.